The van der Waals surface area contributed by atoms with E-state index in [0.29, 0.717) is 17.1 Å². The van der Waals surface area contributed by atoms with Crippen LogP contribution in [-0.2, 0) is 7.05 Å². The zero-order valence-corrected chi connectivity index (χ0v) is 16.4. The Balaban J connectivity index is 0.000000948. The molecule has 1 saturated carbocycles. The third-order valence-electron chi connectivity index (χ3n) is 4.68. The van der Waals surface area contributed by atoms with E-state index in [1.54, 1.807) is 4.68 Å². The van der Waals surface area contributed by atoms with Crippen molar-refractivity contribution in [2.75, 3.05) is 11.9 Å². The van der Waals surface area contributed by atoms with Gasteiger partial charge in [-0.15, -0.1) is 5.10 Å². The van der Waals surface area contributed by atoms with Gasteiger partial charge in [-0.25, -0.2) is 14.6 Å². The molecule has 0 saturated heterocycles. The van der Waals surface area contributed by atoms with Gasteiger partial charge in [0.25, 0.3) is 0 Å². The first-order valence-electron chi connectivity index (χ1n) is 9.16. The number of anilines is 1. The summed E-state index contributed by atoms with van der Waals surface area (Å²) in [5, 5.41) is 15.6. The van der Waals surface area contributed by atoms with E-state index in [9.17, 15) is 0 Å². The van der Waals surface area contributed by atoms with Gasteiger partial charge in [-0.05, 0) is 36.6 Å². The standard InChI is InChI=1S/C15H19ClN8.C2H6/c1-3-17-11-7-12(16)19-15-13(11)18-8-24(15)10-5-4-9(6-10)14-20-21-22-23(14)2;1-2/h7-10H,3-6H2,1-2H3,(H,17,19);1-2H3/t9-,10?;/m1./s1. The maximum absolute atomic E-state index is 6.20. The number of pyridine rings is 1. The van der Waals surface area contributed by atoms with Gasteiger partial charge in [0.2, 0.25) is 0 Å². The van der Waals surface area contributed by atoms with Gasteiger partial charge in [0.1, 0.15) is 10.7 Å². The monoisotopic (exact) mass is 376 g/mol. The summed E-state index contributed by atoms with van der Waals surface area (Å²) < 4.78 is 3.91. The maximum atomic E-state index is 6.20. The average Bonchev–Trinajstić information content (AvgIpc) is 3.35. The van der Waals surface area contributed by atoms with Crippen LogP contribution >= 0.6 is 11.6 Å². The summed E-state index contributed by atoms with van der Waals surface area (Å²) >= 11 is 6.20. The fraction of sp³-hybridized carbons (Fsp3) is 0.588. The van der Waals surface area contributed by atoms with Gasteiger partial charge in [-0.2, -0.15) is 0 Å². The van der Waals surface area contributed by atoms with E-state index < -0.39 is 0 Å². The minimum absolute atomic E-state index is 0.331. The predicted octanol–water partition coefficient (Wildman–Crippen LogP) is 3.58. The number of nitrogens with one attached hydrogen (secondary N) is 1. The molecular weight excluding hydrogens is 352 g/mol. The Morgan fingerprint density at radius 1 is 1.31 bits per heavy atom. The number of rotatable bonds is 4. The van der Waals surface area contributed by atoms with Crippen LogP contribution in [0.1, 0.15) is 57.8 Å². The van der Waals surface area contributed by atoms with Gasteiger partial charge in [0, 0.05) is 31.6 Å². The number of nitrogens with zero attached hydrogens (tertiary/aromatic N) is 7. The topological polar surface area (TPSA) is 86.3 Å². The molecular formula is C17H25ClN8. The Labute approximate surface area is 158 Å². The number of hydrogen-bond donors (Lipinski definition) is 1. The molecule has 1 aliphatic carbocycles. The molecule has 3 heterocycles. The van der Waals surface area contributed by atoms with E-state index in [-0.39, 0.29) is 0 Å². The van der Waals surface area contributed by atoms with E-state index in [2.05, 4.69) is 35.4 Å². The normalized spacial score (nSPS) is 19.4. The molecule has 3 aromatic heterocycles. The Morgan fingerprint density at radius 3 is 2.81 bits per heavy atom. The first-order valence-corrected chi connectivity index (χ1v) is 9.54. The quantitative estimate of drug-likeness (QED) is 0.700. The second-order valence-corrected chi connectivity index (χ2v) is 6.56. The highest BCUT2D eigenvalue weighted by Crippen LogP contribution is 2.41. The van der Waals surface area contributed by atoms with Crippen LogP contribution in [0.25, 0.3) is 11.2 Å². The highest BCUT2D eigenvalue weighted by molar-refractivity contribution is 6.30. The van der Waals surface area contributed by atoms with Gasteiger partial charge in [0.15, 0.2) is 11.5 Å². The van der Waals surface area contributed by atoms with Crippen LogP contribution in [0.3, 0.4) is 0 Å². The summed E-state index contributed by atoms with van der Waals surface area (Å²) in [4.78, 5) is 9.07. The van der Waals surface area contributed by atoms with Crippen LogP contribution in [0.4, 0.5) is 5.69 Å². The molecule has 0 radical (unpaired) electrons. The van der Waals surface area contributed by atoms with E-state index >= 15 is 0 Å². The van der Waals surface area contributed by atoms with E-state index in [1.165, 1.54) is 0 Å². The summed E-state index contributed by atoms with van der Waals surface area (Å²) in [7, 11) is 1.89. The zero-order chi connectivity index (χ0) is 18.7. The summed E-state index contributed by atoms with van der Waals surface area (Å²) in [6, 6.07) is 2.16. The molecule has 0 spiro atoms. The molecule has 0 aromatic carbocycles. The van der Waals surface area contributed by atoms with Gasteiger partial charge in [0.05, 0.1) is 12.0 Å². The van der Waals surface area contributed by atoms with Crippen LogP contribution in [0.5, 0.6) is 0 Å². The van der Waals surface area contributed by atoms with Crippen molar-refractivity contribution < 1.29 is 0 Å². The average molecular weight is 377 g/mol. The number of halogens is 1. The lowest BCUT2D eigenvalue weighted by molar-refractivity contribution is 0.510. The van der Waals surface area contributed by atoms with Crippen LogP contribution < -0.4 is 5.32 Å². The van der Waals surface area contributed by atoms with Crippen molar-refractivity contribution in [1.29, 1.82) is 0 Å². The van der Waals surface area contributed by atoms with Gasteiger partial charge >= 0.3 is 0 Å². The van der Waals surface area contributed by atoms with Crippen molar-refractivity contribution in [2.24, 2.45) is 7.05 Å². The minimum Gasteiger partial charge on any atom is -0.383 e. The van der Waals surface area contributed by atoms with Crippen molar-refractivity contribution in [2.45, 2.75) is 52.0 Å². The largest absolute Gasteiger partial charge is 0.383 e. The van der Waals surface area contributed by atoms with Crippen molar-refractivity contribution in [3.63, 3.8) is 0 Å². The molecule has 1 N–H and O–H groups in total. The second kappa shape index (κ2) is 7.99. The molecule has 1 unspecified atom stereocenters. The molecule has 4 rings (SSSR count). The number of tetrazole rings is 1. The lowest BCUT2D eigenvalue weighted by atomic mass is 10.1. The number of aryl methyl sites for hydroxylation is 1. The number of imidazole rings is 1. The SMILES string of the molecule is CC.CCNc1cc(Cl)nc2c1ncn2C1CC[C@@H](c2nnnn2C)C1. The van der Waals surface area contributed by atoms with Crippen molar-refractivity contribution in [3.05, 3.63) is 23.4 Å². The van der Waals surface area contributed by atoms with Gasteiger partial charge < -0.3 is 9.88 Å². The van der Waals surface area contributed by atoms with E-state index in [0.717, 1.165) is 48.5 Å². The molecule has 0 aliphatic heterocycles. The molecule has 3 aromatic rings. The first kappa shape index (κ1) is 18.6. The van der Waals surface area contributed by atoms with Gasteiger partial charge in [-0.1, -0.05) is 25.4 Å². The predicted molar refractivity (Wildman–Crippen MR) is 102 cm³/mol. The summed E-state index contributed by atoms with van der Waals surface area (Å²) in [5.74, 6) is 1.31. The van der Waals surface area contributed by atoms with Crippen LogP contribution in [0.2, 0.25) is 5.15 Å². The number of fused-ring (bicyclic) bond motifs is 1. The fourth-order valence-electron chi connectivity index (χ4n) is 3.60. The highest BCUT2D eigenvalue weighted by Gasteiger charge is 2.31. The minimum atomic E-state index is 0.331. The third-order valence-corrected chi connectivity index (χ3v) is 4.88. The Bertz CT molecular complexity index is 871. The van der Waals surface area contributed by atoms with E-state index in [1.807, 2.05) is 40.2 Å². The molecule has 9 heteroatoms. The van der Waals surface area contributed by atoms with E-state index in [4.69, 9.17) is 11.6 Å². The molecule has 1 aliphatic rings. The number of aromatic nitrogens is 7. The zero-order valence-electron chi connectivity index (χ0n) is 15.6. The highest BCUT2D eigenvalue weighted by atomic mass is 35.5. The molecule has 0 amide bonds. The summed E-state index contributed by atoms with van der Waals surface area (Å²) in [6.07, 6.45) is 4.95. The fourth-order valence-corrected chi connectivity index (χ4v) is 3.78. The number of hydrogen-bond acceptors (Lipinski definition) is 6. The van der Waals surface area contributed by atoms with Crippen LogP contribution in [-0.4, -0.2) is 41.3 Å². The molecule has 0 bridgehead atoms. The maximum Gasteiger partial charge on any atom is 0.163 e. The second-order valence-electron chi connectivity index (χ2n) is 6.17. The summed E-state index contributed by atoms with van der Waals surface area (Å²) in [5.41, 5.74) is 2.63. The molecule has 2 atom stereocenters. The molecule has 1 fully saturated rings. The smallest absolute Gasteiger partial charge is 0.163 e. The van der Waals surface area contributed by atoms with Crippen molar-refractivity contribution >= 4 is 28.5 Å². The Kier molecular flexibility index (Phi) is 5.70. The van der Waals surface area contributed by atoms with Crippen LogP contribution in [0.15, 0.2) is 12.4 Å². The molecule has 26 heavy (non-hydrogen) atoms. The summed E-state index contributed by atoms with van der Waals surface area (Å²) in [6.45, 7) is 6.86. The van der Waals surface area contributed by atoms with Gasteiger partial charge in [-0.3, -0.25) is 0 Å². The lowest BCUT2D eigenvalue weighted by Gasteiger charge is -2.13. The first-order chi connectivity index (χ1) is 12.7. The third kappa shape index (κ3) is 3.38. The molecule has 140 valence electrons. The Morgan fingerprint density at radius 2 is 2.12 bits per heavy atom. The Hall–Kier alpha value is -2.22. The van der Waals surface area contributed by atoms with Crippen LogP contribution in [0, 0.1) is 0 Å². The molecule has 8 nitrogen and oxygen atoms in total. The van der Waals surface area contributed by atoms with Crippen molar-refractivity contribution in [3.8, 4) is 0 Å². The lowest BCUT2D eigenvalue weighted by Crippen LogP contribution is -2.08. The van der Waals surface area contributed by atoms with Crippen molar-refractivity contribution in [1.82, 2.24) is 34.7 Å².